The normalized spacial score (nSPS) is 12.4. The number of anilines is 1. The summed E-state index contributed by atoms with van der Waals surface area (Å²) in [6.07, 6.45) is -3.50. The van der Waals surface area contributed by atoms with Crippen molar-refractivity contribution in [3.05, 3.63) is 11.8 Å². The second-order valence-corrected chi connectivity index (χ2v) is 7.30. The average molecular weight is 329 g/mol. The van der Waals surface area contributed by atoms with E-state index in [0.29, 0.717) is 6.54 Å². The van der Waals surface area contributed by atoms with Crippen LogP contribution in [0.4, 0.5) is 19.1 Å². The molecule has 0 spiro atoms. The SMILES string of the molecule is CCNc1nc(SCCS(C)(=O)=O)cc(C(F)(F)F)n1. The number of rotatable bonds is 6. The molecule has 1 heterocycles. The van der Waals surface area contributed by atoms with Gasteiger partial charge in [0.1, 0.15) is 14.9 Å². The molecule has 20 heavy (non-hydrogen) atoms. The topological polar surface area (TPSA) is 72.0 Å². The van der Waals surface area contributed by atoms with Gasteiger partial charge in [-0.05, 0) is 6.92 Å². The Morgan fingerprint density at radius 2 is 2.00 bits per heavy atom. The fourth-order valence-electron chi connectivity index (χ4n) is 1.18. The number of thioether (sulfide) groups is 1. The molecule has 10 heteroatoms. The predicted octanol–water partition coefficient (Wildman–Crippen LogP) is 2.06. The van der Waals surface area contributed by atoms with Crippen molar-refractivity contribution in [2.45, 2.75) is 18.1 Å². The first-order valence-electron chi connectivity index (χ1n) is 5.62. The fraction of sp³-hybridized carbons (Fsp3) is 0.600. The number of nitrogens with one attached hydrogen (secondary N) is 1. The Balaban J connectivity index is 2.91. The van der Waals surface area contributed by atoms with Crippen molar-refractivity contribution in [1.29, 1.82) is 0 Å². The van der Waals surface area contributed by atoms with Crippen LogP contribution in [0.5, 0.6) is 0 Å². The molecule has 5 nitrogen and oxygen atoms in total. The van der Waals surface area contributed by atoms with Crippen molar-refractivity contribution in [3.63, 3.8) is 0 Å². The van der Waals surface area contributed by atoms with Crippen molar-refractivity contribution in [2.75, 3.05) is 29.6 Å². The lowest BCUT2D eigenvalue weighted by molar-refractivity contribution is -0.141. The van der Waals surface area contributed by atoms with E-state index >= 15 is 0 Å². The van der Waals surface area contributed by atoms with Gasteiger partial charge in [-0.3, -0.25) is 0 Å². The lowest BCUT2D eigenvalue weighted by Crippen LogP contribution is -2.13. The van der Waals surface area contributed by atoms with E-state index in [-0.39, 0.29) is 22.5 Å². The van der Waals surface area contributed by atoms with Gasteiger partial charge in [-0.2, -0.15) is 13.2 Å². The summed E-state index contributed by atoms with van der Waals surface area (Å²) in [5.74, 6) is -0.109. The van der Waals surface area contributed by atoms with E-state index in [9.17, 15) is 21.6 Å². The van der Waals surface area contributed by atoms with Gasteiger partial charge in [-0.25, -0.2) is 18.4 Å². The van der Waals surface area contributed by atoms with Gasteiger partial charge in [-0.1, -0.05) is 0 Å². The van der Waals surface area contributed by atoms with Gasteiger partial charge in [0.2, 0.25) is 5.95 Å². The van der Waals surface area contributed by atoms with Crippen LogP contribution in [0.3, 0.4) is 0 Å². The Bertz CT molecular complexity index is 561. The largest absolute Gasteiger partial charge is 0.433 e. The van der Waals surface area contributed by atoms with Gasteiger partial charge in [0.25, 0.3) is 0 Å². The first kappa shape index (κ1) is 17.0. The van der Waals surface area contributed by atoms with Crippen molar-refractivity contribution < 1.29 is 21.6 Å². The maximum atomic E-state index is 12.7. The fourth-order valence-corrected chi connectivity index (χ4v) is 3.28. The first-order chi connectivity index (χ1) is 9.12. The molecule has 0 saturated heterocycles. The van der Waals surface area contributed by atoms with Crippen LogP contribution in [-0.4, -0.2) is 42.7 Å². The third kappa shape index (κ3) is 5.95. The van der Waals surface area contributed by atoms with E-state index in [2.05, 4.69) is 15.3 Å². The highest BCUT2D eigenvalue weighted by Gasteiger charge is 2.33. The summed E-state index contributed by atoms with van der Waals surface area (Å²) < 4.78 is 60.0. The van der Waals surface area contributed by atoms with E-state index < -0.39 is 21.7 Å². The van der Waals surface area contributed by atoms with E-state index in [1.165, 1.54) is 0 Å². The van der Waals surface area contributed by atoms with E-state index in [1.807, 2.05) is 0 Å². The molecule has 0 saturated carbocycles. The molecule has 1 aromatic rings. The Labute approximate surface area is 119 Å². The van der Waals surface area contributed by atoms with Crippen LogP contribution >= 0.6 is 11.8 Å². The number of hydrogen-bond donors (Lipinski definition) is 1. The number of aromatic nitrogens is 2. The Kier molecular flexibility index (Phi) is 5.63. The van der Waals surface area contributed by atoms with E-state index in [1.54, 1.807) is 6.92 Å². The maximum absolute atomic E-state index is 12.7. The number of halogens is 3. The summed E-state index contributed by atoms with van der Waals surface area (Å²) in [6, 6.07) is 0.813. The minimum atomic E-state index is -4.57. The summed E-state index contributed by atoms with van der Waals surface area (Å²) in [4.78, 5) is 7.27. The van der Waals surface area contributed by atoms with Gasteiger partial charge in [0.05, 0.1) is 5.75 Å². The lowest BCUT2D eigenvalue weighted by atomic mass is 10.4. The number of nitrogens with zero attached hydrogens (tertiary/aromatic N) is 2. The predicted molar refractivity (Wildman–Crippen MR) is 71.6 cm³/mol. The van der Waals surface area contributed by atoms with Gasteiger partial charge < -0.3 is 5.32 Å². The minimum absolute atomic E-state index is 0.0897. The van der Waals surface area contributed by atoms with Crippen LogP contribution in [0, 0.1) is 0 Å². The van der Waals surface area contributed by atoms with E-state index in [0.717, 1.165) is 24.1 Å². The maximum Gasteiger partial charge on any atom is 0.433 e. The monoisotopic (exact) mass is 329 g/mol. The molecule has 0 aromatic carbocycles. The summed E-state index contributed by atoms with van der Waals surface area (Å²) in [5, 5.41) is 2.70. The zero-order chi connectivity index (χ0) is 15.4. The smallest absolute Gasteiger partial charge is 0.354 e. The molecular formula is C10H14F3N3O2S2. The van der Waals surface area contributed by atoms with Gasteiger partial charge in [0, 0.05) is 24.6 Å². The molecule has 0 fully saturated rings. The van der Waals surface area contributed by atoms with Gasteiger partial charge in [0.15, 0.2) is 5.69 Å². The Morgan fingerprint density at radius 1 is 1.35 bits per heavy atom. The number of alkyl halides is 3. The molecule has 1 aromatic heterocycles. The third-order valence-electron chi connectivity index (χ3n) is 2.03. The van der Waals surface area contributed by atoms with Crippen LogP contribution in [0.15, 0.2) is 11.1 Å². The molecule has 0 unspecified atom stereocenters. The highest BCUT2D eigenvalue weighted by atomic mass is 32.2. The van der Waals surface area contributed by atoms with Crippen LogP contribution in [-0.2, 0) is 16.0 Å². The number of hydrogen-bond acceptors (Lipinski definition) is 6. The van der Waals surface area contributed by atoms with Gasteiger partial charge >= 0.3 is 6.18 Å². The zero-order valence-electron chi connectivity index (χ0n) is 10.9. The Hall–Kier alpha value is -1.03. The number of sulfone groups is 1. The molecule has 0 aliphatic rings. The standard InChI is InChI=1S/C10H14F3N3O2S2/c1-3-14-9-15-7(10(11,12)13)6-8(16-9)19-4-5-20(2,17)18/h6H,3-5H2,1-2H3,(H,14,15,16). The second kappa shape index (κ2) is 6.61. The molecule has 1 N–H and O–H groups in total. The van der Waals surface area contributed by atoms with Crippen LogP contribution in [0.1, 0.15) is 12.6 Å². The highest BCUT2D eigenvalue weighted by molar-refractivity contribution is 8.00. The molecule has 0 amide bonds. The third-order valence-corrected chi connectivity index (χ3v) is 4.15. The second-order valence-electron chi connectivity index (χ2n) is 3.92. The van der Waals surface area contributed by atoms with Crippen LogP contribution < -0.4 is 5.32 Å². The van der Waals surface area contributed by atoms with Crippen molar-refractivity contribution >= 4 is 27.5 Å². The minimum Gasteiger partial charge on any atom is -0.354 e. The quantitative estimate of drug-likeness (QED) is 0.636. The lowest BCUT2D eigenvalue weighted by Gasteiger charge is -2.10. The molecule has 0 aliphatic carbocycles. The molecule has 0 bridgehead atoms. The van der Waals surface area contributed by atoms with Crippen LogP contribution in [0.25, 0.3) is 0 Å². The summed E-state index contributed by atoms with van der Waals surface area (Å²) in [7, 11) is -3.16. The molecule has 114 valence electrons. The van der Waals surface area contributed by atoms with Gasteiger partial charge in [-0.15, -0.1) is 11.8 Å². The molecule has 0 radical (unpaired) electrons. The van der Waals surface area contributed by atoms with Crippen molar-refractivity contribution in [3.8, 4) is 0 Å². The summed E-state index contributed by atoms with van der Waals surface area (Å²) in [5.41, 5.74) is -1.05. The summed E-state index contributed by atoms with van der Waals surface area (Å²) in [6.45, 7) is 2.09. The Morgan fingerprint density at radius 3 is 2.50 bits per heavy atom. The summed E-state index contributed by atoms with van der Waals surface area (Å²) >= 11 is 0.947. The highest BCUT2D eigenvalue weighted by Crippen LogP contribution is 2.30. The molecule has 0 aliphatic heterocycles. The average Bonchev–Trinajstić information content (AvgIpc) is 2.26. The van der Waals surface area contributed by atoms with Crippen molar-refractivity contribution in [2.24, 2.45) is 0 Å². The first-order valence-corrected chi connectivity index (χ1v) is 8.67. The molecule has 1 rings (SSSR count). The van der Waals surface area contributed by atoms with E-state index in [4.69, 9.17) is 0 Å². The van der Waals surface area contributed by atoms with Crippen molar-refractivity contribution in [1.82, 2.24) is 9.97 Å². The zero-order valence-corrected chi connectivity index (χ0v) is 12.5. The molecule has 0 atom stereocenters. The van der Waals surface area contributed by atoms with Crippen LogP contribution in [0.2, 0.25) is 0 Å². The molecular weight excluding hydrogens is 315 g/mol.